The topological polar surface area (TPSA) is 166 Å². The number of hydrogen-bond acceptors (Lipinski definition) is 5. The first-order valence-corrected chi connectivity index (χ1v) is 13.2. The van der Waals surface area contributed by atoms with Crippen LogP contribution in [-0.2, 0) is 25.6 Å². The number of aromatic nitrogens is 1. The smallest absolute Gasteiger partial charge is 0.251 e. The van der Waals surface area contributed by atoms with E-state index in [1.165, 1.54) is 0 Å². The van der Waals surface area contributed by atoms with Crippen molar-refractivity contribution in [2.45, 2.75) is 70.2 Å². The maximum absolute atomic E-state index is 13.5. The second kappa shape index (κ2) is 14.1. The first-order chi connectivity index (χ1) is 18.7. The number of aliphatic hydroxyl groups is 1. The molecule has 2 aromatic carbocycles. The molecule has 4 amide bonds. The number of carbonyl (C=O) groups excluding carboxylic acids is 4. The fourth-order valence-corrected chi connectivity index (χ4v) is 4.46. The quantitative estimate of drug-likeness (QED) is 0.173. The van der Waals surface area contributed by atoms with Gasteiger partial charge in [-0.2, -0.15) is 0 Å². The second-order valence-electron chi connectivity index (χ2n) is 9.67. The molecule has 3 rings (SSSR count). The first-order valence-electron chi connectivity index (χ1n) is 13.2. The number of amides is 4. The van der Waals surface area contributed by atoms with Crippen LogP contribution in [0.4, 0.5) is 0 Å². The van der Waals surface area contributed by atoms with E-state index < -0.39 is 48.2 Å². The summed E-state index contributed by atoms with van der Waals surface area (Å²) in [4.78, 5) is 53.2. The van der Waals surface area contributed by atoms with Crippen LogP contribution in [-0.4, -0.2) is 51.9 Å². The maximum Gasteiger partial charge on any atom is 0.251 e. The average molecular weight is 536 g/mol. The van der Waals surface area contributed by atoms with Crippen molar-refractivity contribution < 1.29 is 24.3 Å². The number of carbonyl (C=O) groups is 4. The van der Waals surface area contributed by atoms with E-state index in [0.29, 0.717) is 12.8 Å². The van der Waals surface area contributed by atoms with Crippen molar-refractivity contribution in [3.8, 4) is 0 Å². The van der Waals surface area contributed by atoms with Crippen molar-refractivity contribution in [1.29, 1.82) is 0 Å². The molecule has 3 aromatic rings. The monoisotopic (exact) mass is 535 g/mol. The van der Waals surface area contributed by atoms with Gasteiger partial charge < -0.3 is 31.8 Å². The van der Waals surface area contributed by atoms with Crippen LogP contribution >= 0.6 is 0 Å². The molecule has 0 spiro atoms. The van der Waals surface area contributed by atoms with Gasteiger partial charge in [0.15, 0.2) is 6.10 Å². The van der Waals surface area contributed by atoms with Gasteiger partial charge in [-0.1, -0.05) is 68.3 Å². The second-order valence-corrected chi connectivity index (χ2v) is 9.67. The molecule has 4 atom stereocenters. The van der Waals surface area contributed by atoms with Crippen LogP contribution < -0.4 is 21.7 Å². The third-order valence-electron chi connectivity index (χ3n) is 6.59. The number of fused-ring (bicyclic) bond motifs is 1. The average Bonchev–Trinajstić information content (AvgIpc) is 3.32. The number of benzene rings is 2. The Bertz CT molecular complexity index is 1280. The molecule has 10 nitrogen and oxygen atoms in total. The Morgan fingerprint density at radius 2 is 1.64 bits per heavy atom. The molecule has 0 saturated carbocycles. The summed E-state index contributed by atoms with van der Waals surface area (Å²) in [6.07, 6.45) is 1.59. The molecule has 39 heavy (non-hydrogen) atoms. The molecule has 7 N–H and O–H groups in total. The molecule has 0 unspecified atom stereocenters. The van der Waals surface area contributed by atoms with Gasteiger partial charge in [0.1, 0.15) is 12.5 Å². The van der Waals surface area contributed by atoms with E-state index in [9.17, 15) is 24.3 Å². The van der Waals surface area contributed by atoms with Crippen molar-refractivity contribution in [3.63, 3.8) is 0 Å². The summed E-state index contributed by atoms with van der Waals surface area (Å²) in [6.45, 7) is 3.78. The third-order valence-corrected chi connectivity index (χ3v) is 6.59. The van der Waals surface area contributed by atoms with E-state index in [2.05, 4.69) is 20.9 Å². The molecule has 208 valence electrons. The van der Waals surface area contributed by atoms with Crippen LogP contribution in [0.2, 0.25) is 0 Å². The van der Waals surface area contributed by atoms with Crippen LogP contribution in [0.5, 0.6) is 0 Å². The SMILES string of the molecule is CCCC[C@H](NC(=O)[C@H](Cc1c[nH]c2ccccc12)NC(=O)CC(N)=O)[C@H](O)C(=O)N[C@@H](C)c1ccccc1. The number of rotatable bonds is 14. The fraction of sp³-hybridized carbons (Fsp3) is 0.379. The van der Waals surface area contributed by atoms with E-state index in [-0.39, 0.29) is 12.5 Å². The van der Waals surface area contributed by atoms with Gasteiger partial charge >= 0.3 is 0 Å². The summed E-state index contributed by atoms with van der Waals surface area (Å²) >= 11 is 0. The molecule has 0 fully saturated rings. The van der Waals surface area contributed by atoms with Gasteiger partial charge in [0.25, 0.3) is 5.91 Å². The minimum absolute atomic E-state index is 0.119. The van der Waals surface area contributed by atoms with Gasteiger partial charge in [0, 0.05) is 23.5 Å². The molecule has 10 heteroatoms. The van der Waals surface area contributed by atoms with Crippen LogP contribution in [0.15, 0.2) is 60.8 Å². The molecule has 0 saturated heterocycles. The standard InChI is InChI=1S/C29H37N5O5/c1-3-4-13-23(27(37)29(39)32-18(2)19-10-6-5-7-11-19)34-28(38)24(33-26(36)16-25(30)35)15-20-17-31-22-14-9-8-12-21(20)22/h5-12,14,17-18,23-24,27,31,37H,3-4,13,15-16H2,1-2H3,(H2,30,35)(H,32,39)(H,33,36)(H,34,38)/t18-,23-,24-,27-/m0/s1. The normalized spacial score (nSPS) is 14.1. The number of aromatic amines is 1. The predicted molar refractivity (Wildman–Crippen MR) is 148 cm³/mol. The lowest BCUT2D eigenvalue weighted by Crippen LogP contribution is -2.56. The lowest BCUT2D eigenvalue weighted by molar-refractivity contribution is -0.135. The summed E-state index contributed by atoms with van der Waals surface area (Å²) < 4.78 is 0. The Morgan fingerprint density at radius 1 is 0.949 bits per heavy atom. The number of para-hydroxylation sites is 1. The summed E-state index contributed by atoms with van der Waals surface area (Å²) in [7, 11) is 0. The van der Waals surface area contributed by atoms with Gasteiger partial charge in [-0.25, -0.2) is 0 Å². The molecular weight excluding hydrogens is 498 g/mol. The fourth-order valence-electron chi connectivity index (χ4n) is 4.46. The summed E-state index contributed by atoms with van der Waals surface area (Å²) in [5.41, 5.74) is 7.69. The van der Waals surface area contributed by atoms with Crippen molar-refractivity contribution in [2.75, 3.05) is 0 Å². The van der Waals surface area contributed by atoms with Gasteiger partial charge in [-0.15, -0.1) is 0 Å². The van der Waals surface area contributed by atoms with E-state index in [0.717, 1.165) is 28.5 Å². The van der Waals surface area contributed by atoms with Crippen LogP contribution in [0.3, 0.4) is 0 Å². The van der Waals surface area contributed by atoms with E-state index in [1.807, 2.05) is 68.4 Å². The Kier molecular flexibility index (Phi) is 10.6. The Hall–Kier alpha value is -4.18. The lowest BCUT2D eigenvalue weighted by Gasteiger charge is -2.27. The number of nitrogens with one attached hydrogen (secondary N) is 4. The zero-order valence-corrected chi connectivity index (χ0v) is 22.3. The minimum atomic E-state index is -1.51. The van der Waals surface area contributed by atoms with E-state index in [1.54, 1.807) is 6.20 Å². The first kappa shape index (κ1) is 29.4. The number of unbranched alkanes of at least 4 members (excludes halogenated alkanes) is 1. The highest BCUT2D eigenvalue weighted by molar-refractivity contribution is 5.98. The molecule has 0 aliphatic rings. The van der Waals surface area contributed by atoms with Crippen LogP contribution in [0.1, 0.15) is 56.7 Å². The van der Waals surface area contributed by atoms with E-state index >= 15 is 0 Å². The predicted octanol–water partition coefficient (Wildman–Crippen LogP) is 1.98. The van der Waals surface area contributed by atoms with Crippen molar-refractivity contribution in [1.82, 2.24) is 20.9 Å². The van der Waals surface area contributed by atoms with Gasteiger partial charge in [0.2, 0.25) is 17.7 Å². The van der Waals surface area contributed by atoms with Crippen molar-refractivity contribution >= 4 is 34.5 Å². The van der Waals surface area contributed by atoms with Gasteiger partial charge in [-0.3, -0.25) is 19.2 Å². The van der Waals surface area contributed by atoms with E-state index in [4.69, 9.17) is 5.73 Å². The lowest BCUT2D eigenvalue weighted by atomic mass is 10.00. The molecule has 0 aliphatic heterocycles. The maximum atomic E-state index is 13.5. The molecule has 0 aliphatic carbocycles. The van der Waals surface area contributed by atoms with Gasteiger partial charge in [0.05, 0.1) is 12.1 Å². The minimum Gasteiger partial charge on any atom is -0.381 e. The van der Waals surface area contributed by atoms with Crippen molar-refractivity contribution in [2.24, 2.45) is 5.73 Å². The highest BCUT2D eigenvalue weighted by Gasteiger charge is 2.31. The number of hydrogen-bond donors (Lipinski definition) is 6. The zero-order chi connectivity index (χ0) is 28.4. The number of aliphatic hydroxyl groups excluding tert-OH is 1. The Morgan fingerprint density at radius 3 is 2.33 bits per heavy atom. The summed E-state index contributed by atoms with van der Waals surface area (Å²) in [5, 5.41) is 20.0. The van der Waals surface area contributed by atoms with Crippen LogP contribution in [0, 0.1) is 0 Å². The number of H-pyrrole nitrogens is 1. The molecule has 1 aromatic heterocycles. The molecule has 1 heterocycles. The molecule has 0 bridgehead atoms. The summed E-state index contributed by atoms with van der Waals surface area (Å²) in [6, 6.07) is 14.6. The highest BCUT2D eigenvalue weighted by atomic mass is 16.3. The Labute approximate surface area is 227 Å². The highest BCUT2D eigenvalue weighted by Crippen LogP contribution is 2.20. The molecule has 0 radical (unpaired) electrons. The number of nitrogens with two attached hydrogens (primary N) is 1. The van der Waals surface area contributed by atoms with Gasteiger partial charge in [-0.05, 0) is 30.5 Å². The molecular formula is C29H37N5O5. The van der Waals surface area contributed by atoms with Crippen LogP contribution in [0.25, 0.3) is 10.9 Å². The third kappa shape index (κ3) is 8.41. The summed E-state index contributed by atoms with van der Waals surface area (Å²) in [5.74, 6) is -2.71. The number of primary amides is 1. The zero-order valence-electron chi connectivity index (χ0n) is 22.3. The Balaban J connectivity index is 1.77. The van der Waals surface area contributed by atoms with Crippen molar-refractivity contribution in [3.05, 3.63) is 71.9 Å². The largest absolute Gasteiger partial charge is 0.381 e.